The molecule has 2 aliphatic rings. The number of ether oxygens (including phenoxy) is 3. The first-order chi connectivity index (χ1) is 13.9. The molecule has 0 atom stereocenters. The van der Waals surface area contributed by atoms with Crippen LogP contribution in [0.15, 0.2) is 41.3 Å². The van der Waals surface area contributed by atoms with Crippen molar-refractivity contribution in [2.75, 3.05) is 33.9 Å². The fraction of sp³-hybridized carbons (Fsp3) is 0.429. The Hall–Kier alpha value is -2.16. The maximum Gasteiger partial charge on any atom is 0.245 e. The smallest absolute Gasteiger partial charge is 0.245 e. The van der Waals surface area contributed by atoms with Gasteiger partial charge in [0.15, 0.2) is 11.5 Å². The number of rotatable bonds is 4. The van der Waals surface area contributed by atoms with Crippen LogP contribution < -0.4 is 9.47 Å². The quantitative estimate of drug-likeness (QED) is 0.759. The van der Waals surface area contributed by atoms with E-state index >= 15 is 0 Å². The molecule has 0 bridgehead atoms. The molecule has 0 radical (unpaired) electrons. The zero-order chi connectivity index (χ0) is 20.6. The largest absolute Gasteiger partial charge is 0.493 e. The standard InChI is InChI=1S/C21H24FNO5S/c1-26-18-13-15-7-12-28-21(16(15)14-19(18)27-2)8-10-23(11-9-21)29(24,25)20-6-4-3-5-17(20)22/h3-6,13-14H,7-12H2,1-2H3. The van der Waals surface area contributed by atoms with Crippen LogP contribution in [0.5, 0.6) is 11.5 Å². The Morgan fingerprint density at radius 2 is 1.72 bits per heavy atom. The van der Waals surface area contributed by atoms with E-state index in [1.54, 1.807) is 14.2 Å². The Balaban J connectivity index is 1.63. The van der Waals surface area contributed by atoms with E-state index in [1.165, 1.54) is 28.6 Å². The summed E-state index contributed by atoms with van der Waals surface area (Å²) < 4.78 is 58.3. The van der Waals surface area contributed by atoms with Gasteiger partial charge < -0.3 is 14.2 Å². The number of hydrogen-bond acceptors (Lipinski definition) is 5. The van der Waals surface area contributed by atoms with Crippen LogP contribution in [0, 0.1) is 5.82 Å². The van der Waals surface area contributed by atoms with Crippen LogP contribution in [0.4, 0.5) is 4.39 Å². The normalized spacial score (nSPS) is 19.0. The average molecular weight is 421 g/mol. The van der Waals surface area contributed by atoms with E-state index in [-0.39, 0.29) is 18.0 Å². The van der Waals surface area contributed by atoms with Gasteiger partial charge in [-0.1, -0.05) is 12.1 Å². The lowest BCUT2D eigenvalue weighted by molar-refractivity contribution is -0.0893. The van der Waals surface area contributed by atoms with Crippen LogP contribution in [0.25, 0.3) is 0 Å². The predicted molar refractivity (Wildman–Crippen MR) is 105 cm³/mol. The van der Waals surface area contributed by atoms with Gasteiger partial charge in [-0.05, 0) is 54.7 Å². The molecule has 1 fully saturated rings. The molecule has 2 aromatic rings. The molecule has 0 aromatic heterocycles. The maximum absolute atomic E-state index is 14.1. The van der Waals surface area contributed by atoms with E-state index in [4.69, 9.17) is 14.2 Å². The van der Waals surface area contributed by atoms with Gasteiger partial charge in [0, 0.05) is 13.1 Å². The van der Waals surface area contributed by atoms with Gasteiger partial charge in [0.1, 0.15) is 10.7 Å². The summed E-state index contributed by atoms with van der Waals surface area (Å²) in [6.07, 6.45) is 1.74. The molecule has 0 unspecified atom stereocenters. The number of benzene rings is 2. The molecule has 29 heavy (non-hydrogen) atoms. The van der Waals surface area contributed by atoms with Gasteiger partial charge in [0.2, 0.25) is 10.0 Å². The molecule has 2 aliphatic heterocycles. The second-order valence-electron chi connectivity index (χ2n) is 7.29. The van der Waals surface area contributed by atoms with Gasteiger partial charge in [-0.2, -0.15) is 4.31 Å². The van der Waals surface area contributed by atoms with Crippen molar-refractivity contribution in [3.8, 4) is 11.5 Å². The van der Waals surface area contributed by atoms with Crippen molar-refractivity contribution >= 4 is 10.0 Å². The highest BCUT2D eigenvalue weighted by molar-refractivity contribution is 7.89. The second kappa shape index (κ2) is 7.59. The summed E-state index contributed by atoms with van der Waals surface area (Å²) in [5.41, 5.74) is 1.57. The lowest BCUT2D eigenvalue weighted by Crippen LogP contribution is -2.48. The Bertz CT molecular complexity index is 1020. The number of sulfonamides is 1. The molecule has 1 spiro atoms. The number of nitrogens with zero attached hydrogens (tertiary/aromatic N) is 1. The Morgan fingerprint density at radius 1 is 1.07 bits per heavy atom. The lowest BCUT2D eigenvalue weighted by atomic mass is 9.79. The van der Waals surface area contributed by atoms with Gasteiger partial charge in [-0.15, -0.1) is 0 Å². The molecule has 2 heterocycles. The fourth-order valence-corrected chi connectivity index (χ4v) is 5.79. The van der Waals surface area contributed by atoms with Crippen LogP contribution in [0.3, 0.4) is 0 Å². The Kier molecular flexibility index (Phi) is 5.27. The van der Waals surface area contributed by atoms with Gasteiger partial charge in [-0.3, -0.25) is 0 Å². The van der Waals surface area contributed by atoms with E-state index in [9.17, 15) is 12.8 Å². The van der Waals surface area contributed by atoms with Gasteiger partial charge in [-0.25, -0.2) is 12.8 Å². The first-order valence-corrected chi connectivity index (χ1v) is 11.0. The van der Waals surface area contributed by atoms with Gasteiger partial charge in [0.25, 0.3) is 0 Å². The van der Waals surface area contributed by atoms with Crippen molar-refractivity contribution in [3.63, 3.8) is 0 Å². The molecule has 8 heteroatoms. The third-order valence-corrected chi connectivity index (χ3v) is 7.77. The summed E-state index contributed by atoms with van der Waals surface area (Å²) in [6.45, 7) is 1.07. The van der Waals surface area contributed by atoms with Crippen LogP contribution in [0.2, 0.25) is 0 Å². The molecule has 2 aromatic carbocycles. The minimum Gasteiger partial charge on any atom is -0.493 e. The molecular weight excluding hydrogens is 397 g/mol. The van der Waals surface area contributed by atoms with Crippen LogP contribution in [-0.4, -0.2) is 46.6 Å². The third-order valence-electron chi connectivity index (χ3n) is 5.83. The van der Waals surface area contributed by atoms with Crippen molar-refractivity contribution < 1.29 is 27.0 Å². The highest BCUT2D eigenvalue weighted by Crippen LogP contribution is 2.45. The predicted octanol–water partition coefficient (Wildman–Crippen LogP) is 3.10. The van der Waals surface area contributed by atoms with Crippen molar-refractivity contribution in [2.24, 2.45) is 0 Å². The van der Waals surface area contributed by atoms with Crippen molar-refractivity contribution in [1.29, 1.82) is 0 Å². The number of halogens is 1. The van der Waals surface area contributed by atoms with Crippen LogP contribution in [0.1, 0.15) is 24.0 Å². The third kappa shape index (κ3) is 3.39. The van der Waals surface area contributed by atoms with Crippen LogP contribution in [-0.2, 0) is 26.8 Å². The zero-order valence-electron chi connectivity index (χ0n) is 16.5. The van der Waals surface area contributed by atoms with E-state index in [2.05, 4.69) is 0 Å². The van der Waals surface area contributed by atoms with E-state index in [1.807, 2.05) is 12.1 Å². The van der Waals surface area contributed by atoms with Crippen molar-refractivity contribution in [1.82, 2.24) is 4.31 Å². The topological polar surface area (TPSA) is 65.1 Å². The zero-order valence-corrected chi connectivity index (χ0v) is 17.3. The molecule has 0 amide bonds. The molecule has 1 saturated heterocycles. The molecule has 156 valence electrons. The minimum absolute atomic E-state index is 0.254. The maximum atomic E-state index is 14.1. The Morgan fingerprint density at radius 3 is 2.38 bits per heavy atom. The van der Waals surface area contributed by atoms with Crippen LogP contribution >= 0.6 is 0 Å². The molecule has 0 aliphatic carbocycles. The van der Waals surface area contributed by atoms with E-state index in [0.717, 1.165) is 17.5 Å². The summed E-state index contributed by atoms with van der Waals surface area (Å²) >= 11 is 0. The average Bonchev–Trinajstić information content (AvgIpc) is 2.73. The van der Waals surface area contributed by atoms with Crippen molar-refractivity contribution in [3.05, 3.63) is 53.3 Å². The second-order valence-corrected chi connectivity index (χ2v) is 9.20. The number of piperidine rings is 1. The molecule has 6 nitrogen and oxygen atoms in total. The molecular formula is C21H24FNO5S. The lowest BCUT2D eigenvalue weighted by Gasteiger charge is -2.44. The summed E-state index contributed by atoms with van der Waals surface area (Å²) in [4.78, 5) is -0.285. The number of hydrogen-bond donors (Lipinski definition) is 0. The highest BCUT2D eigenvalue weighted by Gasteiger charge is 2.44. The Labute approximate surface area is 170 Å². The first kappa shape index (κ1) is 20.1. The van der Waals surface area contributed by atoms with Gasteiger partial charge >= 0.3 is 0 Å². The summed E-state index contributed by atoms with van der Waals surface area (Å²) in [5.74, 6) is 0.560. The summed E-state index contributed by atoms with van der Waals surface area (Å²) in [5, 5.41) is 0. The molecule has 0 saturated carbocycles. The summed E-state index contributed by atoms with van der Waals surface area (Å²) in [6, 6.07) is 9.39. The molecule has 4 rings (SSSR count). The number of methoxy groups -OCH3 is 2. The minimum atomic E-state index is -3.89. The van der Waals surface area contributed by atoms with Gasteiger partial charge in [0.05, 0.1) is 26.4 Å². The summed E-state index contributed by atoms with van der Waals surface area (Å²) in [7, 11) is -0.701. The van der Waals surface area contributed by atoms with E-state index < -0.39 is 21.4 Å². The SMILES string of the molecule is COc1cc2c(cc1OC)C1(CCN(S(=O)(=O)c3ccccc3F)CC1)OCC2. The van der Waals surface area contributed by atoms with E-state index in [0.29, 0.717) is 30.9 Å². The van der Waals surface area contributed by atoms with Crippen molar-refractivity contribution in [2.45, 2.75) is 29.8 Å². The fourth-order valence-electron chi connectivity index (χ4n) is 4.28. The highest BCUT2D eigenvalue weighted by atomic mass is 32.2. The number of fused-ring (bicyclic) bond motifs is 2. The molecule has 0 N–H and O–H groups in total. The first-order valence-electron chi connectivity index (χ1n) is 9.55. The monoisotopic (exact) mass is 421 g/mol.